The molecule has 1 aliphatic rings. The van der Waals surface area contributed by atoms with E-state index in [0.29, 0.717) is 22.4 Å². The molecular weight excluding hydrogens is 274 g/mol. The quantitative estimate of drug-likeness (QED) is 0.907. The summed E-state index contributed by atoms with van der Waals surface area (Å²) in [6.45, 7) is 5.86. The fraction of sp³-hybridized carbons (Fsp3) is 0.600. The summed E-state index contributed by atoms with van der Waals surface area (Å²) in [6.07, 6.45) is 2.52. The molecule has 0 radical (unpaired) electrons. The SMILES string of the molecule is CC(C)[C@@H]1OCC[C@@H]1CNc1ccccc1S(C)(=O)=O. The van der Waals surface area contributed by atoms with Crippen LogP contribution < -0.4 is 5.32 Å². The number of hydrogen-bond donors (Lipinski definition) is 1. The third-order valence-electron chi connectivity index (χ3n) is 3.76. The smallest absolute Gasteiger partial charge is 0.177 e. The van der Waals surface area contributed by atoms with Crippen LogP contribution in [-0.2, 0) is 14.6 Å². The van der Waals surface area contributed by atoms with Crippen molar-refractivity contribution in [3.8, 4) is 0 Å². The zero-order valence-electron chi connectivity index (χ0n) is 12.3. The van der Waals surface area contributed by atoms with E-state index in [-0.39, 0.29) is 6.10 Å². The first-order valence-corrected chi connectivity index (χ1v) is 8.93. The Hall–Kier alpha value is -1.07. The van der Waals surface area contributed by atoms with Crippen LogP contribution in [0.2, 0.25) is 0 Å². The minimum Gasteiger partial charge on any atom is -0.384 e. The van der Waals surface area contributed by atoms with Gasteiger partial charge in [0.1, 0.15) is 0 Å². The average molecular weight is 297 g/mol. The molecule has 1 aromatic rings. The molecule has 0 amide bonds. The second kappa shape index (κ2) is 6.14. The van der Waals surface area contributed by atoms with Gasteiger partial charge in [-0.15, -0.1) is 0 Å². The van der Waals surface area contributed by atoms with Crippen LogP contribution in [0.4, 0.5) is 5.69 Å². The largest absolute Gasteiger partial charge is 0.384 e. The van der Waals surface area contributed by atoms with Gasteiger partial charge in [-0.05, 0) is 24.5 Å². The van der Waals surface area contributed by atoms with Gasteiger partial charge in [-0.2, -0.15) is 0 Å². The second-order valence-electron chi connectivity index (χ2n) is 5.78. The van der Waals surface area contributed by atoms with Crippen molar-refractivity contribution in [1.82, 2.24) is 0 Å². The van der Waals surface area contributed by atoms with Gasteiger partial charge in [-0.3, -0.25) is 0 Å². The van der Waals surface area contributed by atoms with E-state index in [9.17, 15) is 8.42 Å². The maximum atomic E-state index is 11.8. The van der Waals surface area contributed by atoms with E-state index in [1.165, 1.54) is 6.26 Å². The molecule has 4 nitrogen and oxygen atoms in total. The van der Waals surface area contributed by atoms with Crippen molar-refractivity contribution in [1.29, 1.82) is 0 Å². The minimum absolute atomic E-state index is 0.257. The normalized spacial score (nSPS) is 23.2. The van der Waals surface area contributed by atoms with Gasteiger partial charge in [0.25, 0.3) is 0 Å². The highest BCUT2D eigenvalue weighted by Crippen LogP contribution is 2.28. The van der Waals surface area contributed by atoms with Crippen molar-refractivity contribution in [3.63, 3.8) is 0 Å². The molecule has 20 heavy (non-hydrogen) atoms. The number of nitrogens with one attached hydrogen (secondary N) is 1. The molecule has 1 aromatic carbocycles. The molecule has 1 N–H and O–H groups in total. The number of sulfone groups is 1. The fourth-order valence-corrected chi connectivity index (χ4v) is 3.65. The molecule has 0 aliphatic carbocycles. The van der Waals surface area contributed by atoms with Gasteiger partial charge in [0, 0.05) is 25.3 Å². The van der Waals surface area contributed by atoms with Gasteiger partial charge in [0.2, 0.25) is 0 Å². The molecule has 0 unspecified atom stereocenters. The van der Waals surface area contributed by atoms with Crippen LogP contribution in [0.3, 0.4) is 0 Å². The molecule has 0 saturated carbocycles. The third kappa shape index (κ3) is 3.52. The first-order valence-electron chi connectivity index (χ1n) is 7.04. The van der Waals surface area contributed by atoms with Crippen molar-refractivity contribution in [3.05, 3.63) is 24.3 Å². The van der Waals surface area contributed by atoms with E-state index in [4.69, 9.17) is 4.74 Å². The number of ether oxygens (including phenoxy) is 1. The predicted molar refractivity (Wildman–Crippen MR) is 80.7 cm³/mol. The summed E-state index contributed by atoms with van der Waals surface area (Å²) < 4.78 is 29.3. The number of hydrogen-bond acceptors (Lipinski definition) is 4. The van der Waals surface area contributed by atoms with E-state index >= 15 is 0 Å². The summed E-state index contributed by atoms with van der Waals surface area (Å²) >= 11 is 0. The monoisotopic (exact) mass is 297 g/mol. The van der Waals surface area contributed by atoms with Gasteiger partial charge >= 0.3 is 0 Å². The van der Waals surface area contributed by atoms with Crippen LogP contribution in [0.1, 0.15) is 20.3 Å². The number of para-hydroxylation sites is 1. The highest BCUT2D eigenvalue weighted by molar-refractivity contribution is 7.90. The number of benzene rings is 1. The Morgan fingerprint density at radius 3 is 2.70 bits per heavy atom. The van der Waals surface area contributed by atoms with Crippen molar-refractivity contribution in [2.75, 3.05) is 24.7 Å². The summed E-state index contributed by atoms with van der Waals surface area (Å²) in [4.78, 5) is 0.361. The summed E-state index contributed by atoms with van der Waals surface area (Å²) in [6, 6.07) is 7.05. The molecule has 5 heteroatoms. The van der Waals surface area contributed by atoms with Gasteiger partial charge < -0.3 is 10.1 Å². The van der Waals surface area contributed by atoms with Crippen LogP contribution in [0.15, 0.2) is 29.2 Å². The first-order chi connectivity index (χ1) is 9.39. The topological polar surface area (TPSA) is 55.4 Å². The average Bonchev–Trinajstić information content (AvgIpc) is 2.84. The summed E-state index contributed by atoms with van der Waals surface area (Å²) in [5.41, 5.74) is 0.685. The fourth-order valence-electron chi connectivity index (χ4n) is 2.79. The Balaban J connectivity index is 2.08. The van der Waals surface area contributed by atoms with Crippen LogP contribution in [0.5, 0.6) is 0 Å². The second-order valence-corrected chi connectivity index (χ2v) is 7.76. The maximum absolute atomic E-state index is 11.8. The lowest BCUT2D eigenvalue weighted by Gasteiger charge is -2.23. The summed E-state index contributed by atoms with van der Waals surface area (Å²) in [5.74, 6) is 0.914. The Labute approximate surface area is 121 Å². The molecule has 0 bridgehead atoms. The molecule has 112 valence electrons. The van der Waals surface area contributed by atoms with Crippen LogP contribution in [0.25, 0.3) is 0 Å². The highest BCUT2D eigenvalue weighted by atomic mass is 32.2. The Morgan fingerprint density at radius 2 is 2.05 bits per heavy atom. The Kier molecular flexibility index (Phi) is 4.70. The zero-order chi connectivity index (χ0) is 14.8. The summed E-state index contributed by atoms with van der Waals surface area (Å²) in [5, 5.41) is 3.29. The van der Waals surface area contributed by atoms with Crippen molar-refractivity contribution in [2.24, 2.45) is 11.8 Å². The zero-order valence-corrected chi connectivity index (χ0v) is 13.1. The van der Waals surface area contributed by atoms with E-state index in [0.717, 1.165) is 19.6 Å². The molecule has 1 heterocycles. The number of anilines is 1. The molecule has 0 aromatic heterocycles. The van der Waals surface area contributed by atoms with E-state index in [2.05, 4.69) is 19.2 Å². The van der Waals surface area contributed by atoms with Crippen LogP contribution in [0, 0.1) is 11.8 Å². The lowest BCUT2D eigenvalue weighted by Crippen LogP contribution is -2.28. The predicted octanol–water partition coefficient (Wildman–Crippen LogP) is 2.56. The van der Waals surface area contributed by atoms with Crippen LogP contribution in [-0.4, -0.2) is 33.9 Å². The third-order valence-corrected chi connectivity index (χ3v) is 4.92. The van der Waals surface area contributed by atoms with E-state index in [1.807, 2.05) is 12.1 Å². The minimum atomic E-state index is -3.20. The molecule has 1 aliphatic heterocycles. The molecule has 1 saturated heterocycles. The van der Waals surface area contributed by atoms with E-state index < -0.39 is 9.84 Å². The standard InChI is InChI=1S/C15H23NO3S/c1-11(2)15-12(8-9-19-15)10-16-13-6-4-5-7-14(13)20(3,17)18/h4-7,11-12,15-16H,8-10H2,1-3H3/t12-,15+/m1/s1. The Bertz CT molecular complexity index is 554. The molecule has 2 rings (SSSR count). The Morgan fingerprint density at radius 1 is 1.35 bits per heavy atom. The molecule has 2 atom stereocenters. The maximum Gasteiger partial charge on any atom is 0.177 e. The van der Waals surface area contributed by atoms with Crippen molar-refractivity contribution in [2.45, 2.75) is 31.3 Å². The summed E-state index contributed by atoms with van der Waals surface area (Å²) in [7, 11) is -3.20. The van der Waals surface area contributed by atoms with Crippen molar-refractivity contribution < 1.29 is 13.2 Å². The molecular formula is C15H23NO3S. The highest BCUT2D eigenvalue weighted by Gasteiger charge is 2.30. The van der Waals surface area contributed by atoms with Crippen molar-refractivity contribution >= 4 is 15.5 Å². The van der Waals surface area contributed by atoms with E-state index in [1.54, 1.807) is 12.1 Å². The lowest BCUT2D eigenvalue weighted by molar-refractivity contribution is 0.0566. The first kappa shape index (κ1) is 15.3. The number of rotatable bonds is 5. The van der Waals surface area contributed by atoms with Crippen LogP contribution >= 0.6 is 0 Å². The molecule has 0 spiro atoms. The lowest BCUT2D eigenvalue weighted by atomic mass is 9.93. The van der Waals surface area contributed by atoms with Gasteiger partial charge in [-0.25, -0.2) is 8.42 Å². The molecule has 1 fully saturated rings. The van der Waals surface area contributed by atoms with Gasteiger partial charge in [-0.1, -0.05) is 26.0 Å². The van der Waals surface area contributed by atoms with Gasteiger partial charge in [0.05, 0.1) is 16.7 Å². The van der Waals surface area contributed by atoms with Gasteiger partial charge in [0.15, 0.2) is 9.84 Å².